The molecule has 0 saturated heterocycles. The van der Waals surface area contributed by atoms with Crippen LogP contribution in [0.5, 0.6) is 0 Å². The van der Waals surface area contributed by atoms with E-state index in [-0.39, 0.29) is 24.3 Å². The molecule has 2 aromatic carbocycles. The van der Waals surface area contributed by atoms with Crippen LogP contribution in [0.1, 0.15) is 37.4 Å². The molecule has 142 valence electrons. The number of benzene rings is 2. The normalized spacial score (nSPS) is 15.5. The number of amides is 2. The summed E-state index contributed by atoms with van der Waals surface area (Å²) in [6.45, 7) is 4.23. The predicted molar refractivity (Wildman–Crippen MR) is 109 cm³/mol. The Bertz CT molecular complexity index is 1080. The number of carbonyl (C=O) groups excluding carboxylic acids is 2. The van der Waals surface area contributed by atoms with Crippen LogP contribution in [0.25, 0.3) is 17.1 Å². The Balaban J connectivity index is 1.61. The molecule has 1 N–H and O–H groups in total. The van der Waals surface area contributed by atoms with Gasteiger partial charge in [0.2, 0.25) is 17.8 Å². The number of para-hydroxylation sites is 2. The first-order valence-electron chi connectivity index (χ1n) is 9.39. The van der Waals surface area contributed by atoms with Crippen LogP contribution in [-0.2, 0) is 16.1 Å². The van der Waals surface area contributed by atoms with E-state index >= 15 is 0 Å². The third-order valence-corrected chi connectivity index (χ3v) is 5.07. The number of aryl methyl sites for hydroxylation is 1. The number of aromatic nitrogens is 2. The highest BCUT2D eigenvalue weighted by Crippen LogP contribution is 2.33. The van der Waals surface area contributed by atoms with Gasteiger partial charge in [-0.3, -0.25) is 14.9 Å². The average Bonchev–Trinajstić information content (AvgIpc) is 3.04. The Morgan fingerprint density at radius 2 is 1.86 bits per heavy atom. The zero-order chi connectivity index (χ0) is 19.7. The maximum atomic E-state index is 12.9. The van der Waals surface area contributed by atoms with Crippen molar-refractivity contribution in [2.75, 3.05) is 5.32 Å². The Hall–Kier alpha value is -3.41. The number of imidazole rings is 1. The molecular weight excluding hydrogens is 352 g/mol. The number of fused-ring (bicyclic) bond motifs is 2. The minimum atomic E-state index is -0.335. The van der Waals surface area contributed by atoms with Crippen LogP contribution < -0.4 is 5.32 Å². The summed E-state index contributed by atoms with van der Waals surface area (Å²) in [4.78, 5) is 31.1. The Kier molecular flexibility index (Phi) is 4.69. The summed E-state index contributed by atoms with van der Waals surface area (Å²) in [5, 5.41) is 2.94. The van der Waals surface area contributed by atoms with Crippen molar-refractivity contribution in [1.82, 2.24) is 14.5 Å². The maximum absolute atomic E-state index is 12.9. The molecule has 1 aromatic heterocycles. The fourth-order valence-electron chi connectivity index (χ4n) is 3.76. The van der Waals surface area contributed by atoms with Crippen molar-refractivity contribution < 1.29 is 9.59 Å². The van der Waals surface area contributed by atoms with Gasteiger partial charge in [0.1, 0.15) is 0 Å². The number of anilines is 1. The van der Waals surface area contributed by atoms with E-state index in [1.807, 2.05) is 66.1 Å². The molecule has 0 fully saturated rings. The quantitative estimate of drug-likeness (QED) is 0.752. The van der Waals surface area contributed by atoms with E-state index in [1.165, 1.54) is 6.92 Å². The first kappa shape index (κ1) is 18.0. The van der Waals surface area contributed by atoms with Gasteiger partial charge in [0, 0.05) is 19.7 Å². The largest absolute Gasteiger partial charge is 0.311 e. The molecule has 6 heteroatoms. The summed E-state index contributed by atoms with van der Waals surface area (Å²) in [6.07, 6.45) is 3.82. The highest BCUT2D eigenvalue weighted by atomic mass is 16.2. The third kappa shape index (κ3) is 3.17. The summed E-state index contributed by atoms with van der Waals surface area (Å²) < 4.78 is 1.98. The first-order chi connectivity index (χ1) is 13.6. The Labute approximate surface area is 163 Å². The summed E-state index contributed by atoms with van der Waals surface area (Å²) in [5.74, 6) is 0.262. The molecule has 2 amide bonds. The fourth-order valence-corrected chi connectivity index (χ4v) is 3.76. The number of nitrogens with one attached hydrogen (secondary N) is 1. The molecule has 1 aliphatic heterocycles. The van der Waals surface area contributed by atoms with E-state index in [9.17, 15) is 9.59 Å². The summed E-state index contributed by atoms with van der Waals surface area (Å²) >= 11 is 0. The van der Waals surface area contributed by atoms with Crippen molar-refractivity contribution in [3.05, 3.63) is 65.9 Å². The molecule has 0 radical (unpaired) electrons. The van der Waals surface area contributed by atoms with E-state index in [1.54, 1.807) is 11.1 Å². The lowest BCUT2D eigenvalue weighted by molar-refractivity contribution is -0.129. The smallest absolute Gasteiger partial charge is 0.229 e. The highest BCUT2D eigenvalue weighted by molar-refractivity contribution is 5.92. The van der Waals surface area contributed by atoms with Crippen LogP contribution in [0.4, 0.5) is 5.95 Å². The maximum Gasteiger partial charge on any atom is 0.229 e. The van der Waals surface area contributed by atoms with Crippen molar-refractivity contribution in [3.63, 3.8) is 0 Å². The molecule has 1 atom stereocenters. The zero-order valence-corrected chi connectivity index (χ0v) is 15.9. The van der Waals surface area contributed by atoms with Crippen LogP contribution in [0.15, 0.2) is 54.7 Å². The Morgan fingerprint density at radius 3 is 2.64 bits per heavy atom. The van der Waals surface area contributed by atoms with Crippen LogP contribution in [0.2, 0.25) is 0 Å². The molecule has 0 aliphatic carbocycles. The second kappa shape index (κ2) is 7.31. The van der Waals surface area contributed by atoms with Gasteiger partial charge < -0.3 is 9.47 Å². The Morgan fingerprint density at radius 1 is 1.11 bits per heavy atom. The van der Waals surface area contributed by atoms with Crippen LogP contribution in [0.3, 0.4) is 0 Å². The number of hydrogen-bond acceptors (Lipinski definition) is 3. The second-order valence-corrected chi connectivity index (χ2v) is 6.81. The van der Waals surface area contributed by atoms with Crippen molar-refractivity contribution in [2.24, 2.45) is 0 Å². The van der Waals surface area contributed by atoms with Crippen molar-refractivity contribution in [3.8, 4) is 0 Å². The first-order valence-corrected chi connectivity index (χ1v) is 9.39. The van der Waals surface area contributed by atoms with Gasteiger partial charge in [0.15, 0.2) is 0 Å². The molecule has 0 bridgehead atoms. The van der Waals surface area contributed by atoms with Crippen LogP contribution in [-0.4, -0.2) is 26.3 Å². The van der Waals surface area contributed by atoms with E-state index < -0.39 is 0 Å². The minimum absolute atomic E-state index is 0.0932. The number of hydrogen-bond donors (Lipinski definition) is 1. The summed E-state index contributed by atoms with van der Waals surface area (Å²) in [7, 11) is 0. The van der Waals surface area contributed by atoms with Gasteiger partial charge in [0.25, 0.3) is 0 Å². The molecule has 1 aliphatic rings. The van der Waals surface area contributed by atoms with E-state index in [4.69, 9.17) is 0 Å². The van der Waals surface area contributed by atoms with Crippen molar-refractivity contribution >= 4 is 34.9 Å². The molecule has 2 heterocycles. The lowest BCUT2D eigenvalue weighted by atomic mass is 9.93. The molecule has 1 unspecified atom stereocenters. The topological polar surface area (TPSA) is 67.2 Å². The lowest BCUT2D eigenvalue weighted by Gasteiger charge is -2.32. The number of nitrogens with zero attached hydrogens (tertiary/aromatic N) is 3. The molecule has 28 heavy (non-hydrogen) atoms. The highest BCUT2D eigenvalue weighted by Gasteiger charge is 2.28. The molecule has 4 rings (SSSR count). The minimum Gasteiger partial charge on any atom is -0.311 e. The van der Waals surface area contributed by atoms with Gasteiger partial charge in [0.05, 0.1) is 23.5 Å². The van der Waals surface area contributed by atoms with Crippen LogP contribution in [0, 0.1) is 0 Å². The third-order valence-electron chi connectivity index (χ3n) is 5.07. The van der Waals surface area contributed by atoms with Gasteiger partial charge >= 0.3 is 0 Å². The average molecular weight is 374 g/mol. The molecule has 0 spiro atoms. The number of carbonyl (C=O) groups is 2. The molecule has 3 aromatic rings. The van der Waals surface area contributed by atoms with Gasteiger partial charge in [-0.2, -0.15) is 0 Å². The van der Waals surface area contributed by atoms with E-state index in [0.29, 0.717) is 12.5 Å². The van der Waals surface area contributed by atoms with Gasteiger partial charge in [-0.15, -0.1) is 0 Å². The van der Waals surface area contributed by atoms with Crippen molar-refractivity contribution in [1.29, 1.82) is 0 Å². The zero-order valence-electron chi connectivity index (χ0n) is 15.9. The van der Waals surface area contributed by atoms with E-state index in [0.717, 1.165) is 22.2 Å². The fraction of sp³-hybridized carbons (Fsp3) is 0.227. The van der Waals surface area contributed by atoms with Gasteiger partial charge in [-0.25, -0.2) is 4.98 Å². The summed E-state index contributed by atoms with van der Waals surface area (Å²) in [5.41, 5.74) is 3.82. The van der Waals surface area contributed by atoms with E-state index in [2.05, 4.69) is 10.3 Å². The van der Waals surface area contributed by atoms with Gasteiger partial charge in [-0.1, -0.05) is 36.4 Å². The number of rotatable bonds is 4. The molecular formula is C22H22N4O2. The monoisotopic (exact) mass is 374 g/mol. The molecule has 0 saturated carbocycles. The summed E-state index contributed by atoms with van der Waals surface area (Å²) in [6, 6.07) is 15.3. The predicted octanol–water partition coefficient (Wildman–Crippen LogP) is 3.96. The lowest BCUT2D eigenvalue weighted by Crippen LogP contribution is -2.33. The SMILES string of the molecule is CCn1c(NC(=O)CC2c3ccccc3C=CN2C(C)=O)nc2ccccc21. The second-order valence-electron chi connectivity index (χ2n) is 6.81. The van der Waals surface area contributed by atoms with Crippen molar-refractivity contribution in [2.45, 2.75) is 32.9 Å². The standard InChI is InChI=1S/C22H22N4O2/c1-3-25-19-11-7-6-10-18(19)23-22(25)24-21(28)14-20-17-9-5-4-8-16(17)12-13-26(20)15(2)27/h4-13,20H,3,14H2,1-2H3,(H,23,24,28). The molecule has 6 nitrogen and oxygen atoms in total. The van der Waals surface area contributed by atoms with Crippen LogP contribution >= 0.6 is 0 Å². The van der Waals surface area contributed by atoms with Gasteiger partial charge in [-0.05, 0) is 36.3 Å².